The van der Waals surface area contributed by atoms with Crippen LogP contribution in [0.25, 0.3) is 0 Å². The quantitative estimate of drug-likeness (QED) is 0.502. The highest BCUT2D eigenvalue weighted by Crippen LogP contribution is 2.36. The lowest BCUT2D eigenvalue weighted by atomic mass is 10.2. The van der Waals surface area contributed by atoms with Crippen molar-refractivity contribution in [3.63, 3.8) is 0 Å². The number of hydrogen-bond acceptors (Lipinski definition) is 5. The zero-order chi connectivity index (χ0) is 15.2. The van der Waals surface area contributed by atoms with E-state index in [1.807, 2.05) is 30.3 Å². The molecule has 0 aliphatic rings. The zero-order valence-corrected chi connectivity index (χ0v) is 12.9. The molecule has 0 radical (unpaired) electrons. The molecule has 1 N–H and O–H groups in total. The molecule has 0 unspecified atom stereocenters. The maximum Gasteiger partial charge on any atom is 0.337 e. The summed E-state index contributed by atoms with van der Waals surface area (Å²) in [7, 11) is 0. The second-order valence-corrected chi connectivity index (χ2v) is 6.59. The summed E-state index contributed by atoms with van der Waals surface area (Å²) in [6.07, 6.45) is 0. The molecular weight excluding hydrogens is 308 g/mol. The third-order valence-electron chi connectivity index (χ3n) is 2.76. The van der Waals surface area contributed by atoms with Crippen molar-refractivity contribution in [1.29, 1.82) is 0 Å². The average Bonchev–Trinajstić information content (AvgIpc) is 2.94. The van der Waals surface area contributed by atoms with Crippen LogP contribution in [0.1, 0.15) is 12.5 Å². The fraction of sp³-hybridized carbons (Fsp3) is 0.214. The normalized spacial score (nSPS) is 11.9. The molecule has 0 aliphatic heterocycles. The third-order valence-corrected chi connectivity index (χ3v) is 4.90. The van der Waals surface area contributed by atoms with E-state index in [4.69, 9.17) is 0 Å². The van der Waals surface area contributed by atoms with E-state index in [1.54, 1.807) is 18.4 Å². The van der Waals surface area contributed by atoms with Crippen molar-refractivity contribution >= 4 is 34.0 Å². The standard InChI is InChI=1S/C14H14N2O3S2/c1-10(21-12-7-8-20-14(12)16(18)19)13(17)15-9-11-5-3-2-4-6-11/h2-8,10H,9H2,1H3,(H,15,17)/t10-/m1/s1. The Kier molecular flexibility index (Phi) is 5.35. The summed E-state index contributed by atoms with van der Waals surface area (Å²) in [6, 6.07) is 11.3. The van der Waals surface area contributed by atoms with Crippen LogP contribution in [0, 0.1) is 10.1 Å². The van der Waals surface area contributed by atoms with Gasteiger partial charge in [-0.3, -0.25) is 14.9 Å². The first-order valence-electron chi connectivity index (χ1n) is 6.28. The highest BCUT2D eigenvalue weighted by Gasteiger charge is 2.21. The molecule has 2 aromatic rings. The number of carbonyl (C=O) groups excluding carboxylic acids is 1. The van der Waals surface area contributed by atoms with Crippen LogP contribution in [0.15, 0.2) is 46.7 Å². The van der Waals surface area contributed by atoms with Crippen molar-refractivity contribution in [2.75, 3.05) is 0 Å². The lowest BCUT2D eigenvalue weighted by Crippen LogP contribution is -2.30. The summed E-state index contributed by atoms with van der Waals surface area (Å²) in [5, 5.41) is 15.0. The van der Waals surface area contributed by atoms with E-state index >= 15 is 0 Å². The van der Waals surface area contributed by atoms with Gasteiger partial charge < -0.3 is 5.32 Å². The number of thiophene rings is 1. The van der Waals surface area contributed by atoms with Crippen LogP contribution >= 0.6 is 23.1 Å². The van der Waals surface area contributed by atoms with Gasteiger partial charge in [0, 0.05) is 6.54 Å². The minimum absolute atomic E-state index is 0.0858. The van der Waals surface area contributed by atoms with Gasteiger partial charge in [0.05, 0.1) is 15.1 Å². The Morgan fingerprint density at radius 1 is 1.38 bits per heavy atom. The monoisotopic (exact) mass is 322 g/mol. The maximum absolute atomic E-state index is 12.0. The lowest BCUT2D eigenvalue weighted by Gasteiger charge is -2.11. The third kappa shape index (κ3) is 4.30. The number of nitrogens with zero attached hydrogens (tertiary/aromatic N) is 1. The first kappa shape index (κ1) is 15.5. The largest absolute Gasteiger partial charge is 0.351 e. The molecule has 1 heterocycles. The minimum Gasteiger partial charge on any atom is -0.351 e. The summed E-state index contributed by atoms with van der Waals surface area (Å²) in [6.45, 7) is 2.20. The number of rotatable bonds is 6. The van der Waals surface area contributed by atoms with Crippen LogP contribution in [0.4, 0.5) is 5.00 Å². The minimum atomic E-state index is -0.415. The number of benzene rings is 1. The number of amides is 1. The first-order valence-corrected chi connectivity index (χ1v) is 8.04. The summed E-state index contributed by atoms with van der Waals surface area (Å²) in [5.41, 5.74) is 1.02. The molecule has 5 nitrogen and oxygen atoms in total. The predicted octanol–water partition coefficient (Wildman–Crippen LogP) is 3.45. The van der Waals surface area contributed by atoms with E-state index in [-0.39, 0.29) is 16.2 Å². The Bertz CT molecular complexity index is 628. The van der Waals surface area contributed by atoms with Gasteiger partial charge in [0.1, 0.15) is 0 Å². The number of thioether (sulfide) groups is 1. The molecule has 110 valence electrons. The van der Waals surface area contributed by atoms with Crippen molar-refractivity contribution in [1.82, 2.24) is 5.32 Å². The smallest absolute Gasteiger partial charge is 0.337 e. The van der Waals surface area contributed by atoms with Crippen LogP contribution in [-0.2, 0) is 11.3 Å². The Balaban J connectivity index is 1.90. The average molecular weight is 322 g/mol. The van der Waals surface area contributed by atoms with E-state index < -0.39 is 4.92 Å². The molecule has 1 atom stereocenters. The first-order chi connectivity index (χ1) is 10.1. The molecule has 0 saturated heterocycles. The van der Waals surface area contributed by atoms with Gasteiger partial charge in [0.25, 0.3) is 0 Å². The Morgan fingerprint density at radius 2 is 2.10 bits per heavy atom. The zero-order valence-electron chi connectivity index (χ0n) is 11.3. The van der Waals surface area contributed by atoms with Gasteiger partial charge in [-0.05, 0) is 23.9 Å². The SMILES string of the molecule is C[C@@H](Sc1ccsc1[N+](=O)[O-])C(=O)NCc1ccccc1. The van der Waals surface area contributed by atoms with Gasteiger partial charge in [-0.15, -0.1) is 11.8 Å². The second kappa shape index (κ2) is 7.24. The topological polar surface area (TPSA) is 72.2 Å². The van der Waals surface area contributed by atoms with Crippen LogP contribution in [0.5, 0.6) is 0 Å². The Hall–Kier alpha value is -1.86. The molecule has 1 amide bonds. The van der Waals surface area contributed by atoms with Crippen molar-refractivity contribution in [3.05, 3.63) is 57.5 Å². The van der Waals surface area contributed by atoms with E-state index in [2.05, 4.69) is 5.32 Å². The van der Waals surface area contributed by atoms with Crippen molar-refractivity contribution in [3.8, 4) is 0 Å². The molecule has 1 aromatic heterocycles. The lowest BCUT2D eigenvalue weighted by molar-refractivity contribution is -0.382. The van der Waals surface area contributed by atoms with Gasteiger partial charge >= 0.3 is 5.00 Å². The molecule has 21 heavy (non-hydrogen) atoms. The number of nitrogens with one attached hydrogen (secondary N) is 1. The Labute approximate surface area is 130 Å². The van der Waals surface area contributed by atoms with E-state index in [9.17, 15) is 14.9 Å². The molecule has 0 fully saturated rings. The van der Waals surface area contributed by atoms with Gasteiger partial charge in [-0.2, -0.15) is 0 Å². The fourth-order valence-corrected chi connectivity index (χ4v) is 3.56. The number of nitro groups is 1. The summed E-state index contributed by atoms with van der Waals surface area (Å²) in [5.74, 6) is -0.135. The van der Waals surface area contributed by atoms with Crippen molar-refractivity contribution in [2.24, 2.45) is 0 Å². The van der Waals surface area contributed by atoms with Crippen LogP contribution < -0.4 is 5.32 Å². The second-order valence-electron chi connectivity index (χ2n) is 4.31. The molecule has 0 saturated carbocycles. The van der Waals surface area contributed by atoms with E-state index in [0.717, 1.165) is 16.9 Å². The highest BCUT2D eigenvalue weighted by atomic mass is 32.2. The van der Waals surface area contributed by atoms with E-state index in [1.165, 1.54) is 11.8 Å². The van der Waals surface area contributed by atoms with Gasteiger partial charge in [0.15, 0.2) is 0 Å². The van der Waals surface area contributed by atoms with Crippen molar-refractivity contribution < 1.29 is 9.72 Å². The highest BCUT2D eigenvalue weighted by molar-refractivity contribution is 8.00. The van der Waals surface area contributed by atoms with Gasteiger partial charge in [-0.1, -0.05) is 41.7 Å². The summed E-state index contributed by atoms with van der Waals surface area (Å²) < 4.78 is 0. The van der Waals surface area contributed by atoms with Crippen LogP contribution in [0.3, 0.4) is 0 Å². The molecular formula is C14H14N2O3S2. The molecule has 2 rings (SSSR count). The van der Waals surface area contributed by atoms with Crippen molar-refractivity contribution in [2.45, 2.75) is 23.6 Å². The Morgan fingerprint density at radius 3 is 2.76 bits per heavy atom. The van der Waals surface area contributed by atoms with Gasteiger partial charge in [0.2, 0.25) is 5.91 Å². The number of carbonyl (C=O) groups is 1. The fourth-order valence-electron chi connectivity index (χ4n) is 1.69. The molecule has 0 bridgehead atoms. The van der Waals surface area contributed by atoms with Crippen LogP contribution in [-0.4, -0.2) is 16.1 Å². The molecule has 0 aliphatic carbocycles. The van der Waals surface area contributed by atoms with E-state index in [0.29, 0.717) is 11.4 Å². The number of hydrogen-bond donors (Lipinski definition) is 1. The molecule has 7 heteroatoms. The molecule has 0 spiro atoms. The molecule has 1 aromatic carbocycles. The predicted molar refractivity (Wildman–Crippen MR) is 84.6 cm³/mol. The van der Waals surface area contributed by atoms with Crippen LogP contribution in [0.2, 0.25) is 0 Å². The van der Waals surface area contributed by atoms with Gasteiger partial charge in [-0.25, -0.2) is 0 Å². The summed E-state index contributed by atoms with van der Waals surface area (Å²) in [4.78, 5) is 23.0. The summed E-state index contributed by atoms with van der Waals surface area (Å²) >= 11 is 2.28. The maximum atomic E-state index is 12.0.